The first-order valence-corrected chi connectivity index (χ1v) is 7.76. The Morgan fingerprint density at radius 3 is 2.41 bits per heavy atom. The predicted octanol–water partition coefficient (Wildman–Crippen LogP) is 2.27. The van der Waals surface area contributed by atoms with Crippen molar-refractivity contribution in [2.45, 2.75) is 26.7 Å². The zero-order valence-electron chi connectivity index (χ0n) is 10.5. The Balaban J connectivity index is 2.53. The maximum absolute atomic E-state index is 11.8. The van der Waals surface area contributed by atoms with E-state index in [0.717, 1.165) is 12.0 Å². The molecule has 0 fully saturated rings. The highest BCUT2D eigenvalue weighted by molar-refractivity contribution is 7.91. The number of rotatable bonds is 6. The topological polar surface area (TPSA) is 60.2 Å². The van der Waals surface area contributed by atoms with E-state index in [1.54, 1.807) is 6.07 Å². The van der Waals surface area contributed by atoms with Crippen LogP contribution in [-0.4, -0.2) is 19.9 Å². The molecule has 3 nitrogen and oxygen atoms in total. The molecule has 0 aliphatic carbocycles. The third kappa shape index (κ3) is 5.22. The fourth-order valence-corrected chi connectivity index (χ4v) is 3.11. The summed E-state index contributed by atoms with van der Waals surface area (Å²) in [5, 5.41) is 0. The zero-order chi connectivity index (χ0) is 12.9. The molecular weight excluding hydrogens is 234 g/mol. The fourth-order valence-electron chi connectivity index (χ4n) is 1.54. The van der Waals surface area contributed by atoms with Gasteiger partial charge in [-0.25, -0.2) is 8.42 Å². The van der Waals surface area contributed by atoms with Crippen molar-refractivity contribution < 1.29 is 8.42 Å². The van der Waals surface area contributed by atoms with Crippen molar-refractivity contribution in [2.24, 2.45) is 5.92 Å². The van der Waals surface area contributed by atoms with Crippen LogP contribution in [0.4, 0.5) is 5.69 Å². The number of nitrogen functional groups attached to an aromatic ring is 1. The summed E-state index contributed by atoms with van der Waals surface area (Å²) >= 11 is 0. The van der Waals surface area contributed by atoms with Gasteiger partial charge in [-0.15, -0.1) is 0 Å². The molecule has 0 saturated carbocycles. The smallest absolute Gasteiger partial charge is 0.150 e. The lowest BCUT2D eigenvalue weighted by Crippen LogP contribution is -2.15. The third-order valence-electron chi connectivity index (χ3n) is 2.74. The lowest BCUT2D eigenvalue weighted by molar-refractivity contribution is 0.573. The van der Waals surface area contributed by atoms with Crippen molar-refractivity contribution in [3.63, 3.8) is 0 Å². The molecule has 0 aliphatic rings. The summed E-state index contributed by atoms with van der Waals surface area (Å²) in [4.78, 5) is 0. The number of nitrogens with two attached hydrogens (primary N) is 1. The van der Waals surface area contributed by atoms with Gasteiger partial charge in [-0.2, -0.15) is 0 Å². The number of aryl methyl sites for hydroxylation is 1. The average Bonchev–Trinajstić information content (AvgIpc) is 2.26. The van der Waals surface area contributed by atoms with Gasteiger partial charge in [-0.05, 0) is 30.4 Å². The van der Waals surface area contributed by atoms with Crippen LogP contribution in [0.5, 0.6) is 0 Å². The van der Waals surface area contributed by atoms with Gasteiger partial charge in [-0.3, -0.25) is 0 Å². The first kappa shape index (κ1) is 14.0. The van der Waals surface area contributed by atoms with Gasteiger partial charge < -0.3 is 5.73 Å². The summed E-state index contributed by atoms with van der Waals surface area (Å²) in [6.45, 7) is 4.06. The van der Waals surface area contributed by atoms with E-state index in [4.69, 9.17) is 5.73 Å². The molecule has 17 heavy (non-hydrogen) atoms. The van der Waals surface area contributed by atoms with Gasteiger partial charge in [0.2, 0.25) is 0 Å². The van der Waals surface area contributed by atoms with Gasteiger partial charge in [0.1, 0.15) is 0 Å². The second kappa shape index (κ2) is 6.05. The van der Waals surface area contributed by atoms with Gasteiger partial charge in [0.05, 0.1) is 11.5 Å². The number of hydrogen-bond acceptors (Lipinski definition) is 3. The van der Waals surface area contributed by atoms with Gasteiger partial charge in [0.15, 0.2) is 9.84 Å². The molecule has 0 spiro atoms. The van der Waals surface area contributed by atoms with Crippen LogP contribution < -0.4 is 5.73 Å². The molecule has 2 N–H and O–H groups in total. The molecule has 0 heterocycles. The third-order valence-corrected chi connectivity index (χ3v) is 4.43. The minimum Gasteiger partial charge on any atom is -0.399 e. The number of sulfone groups is 1. The van der Waals surface area contributed by atoms with Crippen LogP contribution in [0.2, 0.25) is 0 Å². The summed E-state index contributed by atoms with van der Waals surface area (Å²) in [5.74, 6) is 0.886. The van der Waals surface area contributed by atoms with E-state index in [-0.39, 0.29) is 11.5 Å². The summed E-state index contributed by atoms with van der Waals surface area (Å²) in [7, 11) is -2.95. The molecule has 4 heteroatoms. The minimum absolute atomic E-state index is 0.188. The van der Waals surface area contributed by atoms with Crippen molar-refractivity contribution in [3.05, 3.63) is 29.8 Å². The van der Waals surface area contributed by atoms with Crippen molar-refractivity contribution >= 4 is 15.5 Å². The molecule has 1 aromatic rings. The predicted molar refractivity (Wildman–Crippen MR) is 72.7 cm³/mol. The Kier molecular flexibility index (Phi) is 5.00. The van der Waals surface area contributed by atoms with E-state index in [2.05, 4.69) is 0 Å². The van der Waals surface area contributed by atoms with Gasteiger partial charge in [0, 0.05) is 5.69 Å². The van der Waals surface area contributed by atoms with E-state index in [9.17, 15) is 8.42 Å². The maximum Gasteiger partial charge on any atom is 0.150 e. The van der Waals surface area contributed by atoms with Crippen molar-refractivity contribution in [1.29, 1.82) is 0 Å². The molecule has 0 aliphatic heterocycles. The highest BCUT2D eigenvalue weighted by atomic mass is 32.2. The average molecular weight is 255 g/mol. The van der Waals surface area contributed by atoms with Crippen LogP contribution in [-0.2, 0) is 16.3 Å². The minimum atomic E-state index is -2.95. The van der Waals surface area contributed by atoms with E-state index in [0.29, 0.717) is 18.0 Å². The Hall–Kier alpha value is -1.03. The second-order valence-corrected chi connectivity index (χ2v) is 7.09. The lowest BCUT2D eigenvalue weighted by atomic mass is 10.1. The Bertz CT molecular complexity index is 452. The molecule has 1 rings (SSSR count). The van der Waals surface area contributed by atoms with E-state index in [1.807, 2.05) is 32.0 Å². The molecule has 0 atom stereocenters. The quantitative estimate of drug-likeness (QED) is 0.793. The highest BCUT2D eigenvalue weighted by Gasteiger charge is 2.12. The summed E-state index contributed by atoms with van der Waals surface area (Å²) in [6.07, 6.45) is 1.24. The molecule has 0 unspecified atom stereocenters. The van der Waals surface area contributed by atoms with Crippen LogP contribution in [0.1, 0.15) is 25.8 Å². The molecule has 1 aromatic carbocycles. The number of para-hydroxylation sites is 1. The molecule has 0 bridgehead atoms. The first-order chi connectivity index (χ1) is 7.91. The van der Waals surface area contributed by atoms with Crippen LogP contribution in [0.3, 0.4) is 0 Å². The molecule has 96 valence electrons. The van der Waals surface area contributed by atoms with Crippen LogP contribution in [0.15, 0.2) is 24.3 Å². The number of anilines is 1. The van der Waals surface area contributed by atoms with Gasteiger partial charge in [-0.1, -0.05) is 32.0 Å². The SMILES string of the molecule is CC(C)CCS(=O)(=O)CCc1ccccc1N. The molecule has 0 aromatic heterocycles. The summed E-state index contributed by atoms with van der Waals surface area (Å²) in [6, 6.07) is 7.42. The molecular formula is C13H21NO2S. The normalized spacial score (nSPS) is 11.9. The lowest BCUT2D eigenvalue weighted by Gasteiger charge is -2.08. The van der Waals surface area contributed by atoms with E-state index >= 15 is 0 Å². The number of hydrogen-bond donors (Lipinski definition) is 1. The van der Waals surface area contributed by atoms with Crippen LogP contribution in [0, 0.1) is 5.92 Å². The highest BCUT2D eigenvalue weighted by Crippen LogP contribution is 2.13. The van der Waals surface area contributed by atoms with Crippen molar-refractivity contribution in [2.75, 3.05) is 17.2 Å². The monoisotopic (exact) mass is 255 g/mol. The van der Waals surface area contributed by atoms with Crippen molar-refractivity contribution in [1.82, 2.24) is 0 Å². The van der Waals surface area contributed by atoms with Crippen LogP contribution >= 0.6 is 0 Å². The van der Waals surface area contributed by atoms with Crippen LogP contribution in [0.25, 0.3) is 0 Å². The standard InChI is InChI=1S/C13H21NO2S/c1-11(2)7-9-17(15,16)10-8-12-5-3-4-6-13(12)14/h3-6,11H,7-10,14H2,1-2H3. The summed E-state index contributed by atoms with van der Waals surface area (Å²) < 4.78 is 23.6. The number of benzene rings is 1. The Labute approximate surface area is 104 Å². The van der Waals surface area contributed by atoms with Gasteiger partial charge >= 0.3 is 0 Å². The summed E-state index contributed by atoms with van der Waals surface area (Å²) in [5.41, 5.74) is 7.37. The fraction of sp³-hybridized carbons (Fsp3) is 0.538. The Morgan fingerprint density at radius 2 is 1.82 bits per heavy atom. The molecule has 0 radical (unpaired) electrons. The molecule has 0 amide bonds. The largest absolute Gasteiger partial charge is 0.399 e. The van der Waals surface area contributed by atoms with E-state index < -0.39 is 9.84 Å². The Morgan fingerprint density at radius 1 is 1.18 bits per heavy atom. The van der Waals surface area contributed by atoms with E-state index in [1.165, 1.54) is 0 Å². The van der Waals surface area contributed by atoms with Crippen molar-refractivity contribution in [3.8, 4) is 0 Å². The molecule has 0 saturated heterocycles. The zero-order valence-corrected chi connectivity index (χ0v) is 11.3. The van der Waals surface area contributed by atoms with Gasteiger partial charge in [0.25, 0.3) is 0 Å². The first-order valence-electron chi connectivity index (χ1n) is 5.94. The maximum atomic E-state index is 11.8. The second-order valence-electron chi connectivity index (χ2n) is 4.78.